The van der Waals surface area contributed by atoms with E-state index in [1.54, 1.807) is 6.07 Å². The molecular formula is C21H28N2O4. The Kier molecular flexibility index (Phi) is 5.30. The van der Waals surface area contributed by atoms with Gasteiger partial charge < -0.3 is 15.6 Å². The summed E-state index contributed by atoms with van der Waals surface area (Å²) in [6.45, 7) is 0.449. The Hall–Kier alpha value is -1.76. The molecule has 0 aromatic heterocycles. The molecule has 27 heavy (non-hydrogen) atoms. The number of amides is 2. The minimum Gasteiger partial charge on any atom is -0.393 e. The maximum absolute atomic E-state index is 12.9. The highest BCUT2D eigenvalue weighted by Crippen LogP contribution is 2.32. The van der Waals surface area contributed by atoms with Crippen molar-refractivity contribution in [3.05, 3.63) is 34.9 Å². The number of benzene rings is 1. The number of carbonyl (C=O) groups excluding carboxylic acids is 2. The van der Waals surface area contributed by atoms with Crippen LogP contribution in [0.25, 0.3) is 0 Å². The zero-order valence-electron chi connectivity index (χ0n) is 15.6. The van der Waals surface area contributed by atoms with Crippen LogP contribution in [0.5, 0.6) is 0 Å². The molecule has 2 amide bonds. The van der Waals surface area contributed by atoms with E-state index in [-0.39, 0.29) is 30.1 Å². The molecule has 2 saturated carbocycles. The average molecular weight is 372 g/mol. The van der Waals surface area contributed by atoms with E-state index < -0.39 is 0 Å². The third-order valence-electron chi connectivity index (χ3n) is 6.22. The summed E-state index contributed by atoms with van der Waals surface area (Å²) in [6, 6.07) is 5.63. The van der Waals surface area contributed by atoms with Crippen molar-refractivity contribution >= 4 is 11.8 Å². The standard InChI is InChI=1S/C21H28N2O4/c22-14-2-8-17(9-3-14)27-12-13-1-10-18-19(11-13)21(26)23(20(18)25)15-4-6-16(24)7-5-15/h1,10-11,14-17,24H,2-9,12,22H2. The number of hydrogen-bond acceptors (Lipinski definition) is 5. The van der Waals surface area contributed by atoms with Crippen LogP contribution in [0.2, 0.25) is 0 Å². The van der Waals surface area contributed by atoms with Crippen LogP contribution in [0.15, 0.2) is 18.2 Å². The Bertz CT molecular complexity index is 719. The van der Waals surface area contributed by atoms with Crippen molar-refractivity contribution in [2.45, 2.75) is 82.3 Å². The quantitative estimate of drug-likeness (QED) is 0.792. The Balaban J connectivity index is 1.42. The van der Waals surface area contributed by atoms with Gasteiger partial charge in [-0.2, -0.15) is 0 Å². The zero-order chi connectivity index (χ0) is 19.0. The first-order chi connectivity index (χ1) is 13.0. The molecule has 0 spiro atoms. The SMILES string of the molecule is NC1CCC(OCc2ccc3c(c2)C(=O)N(C2CCC(O)CC2)C3=O)CC1. The van der Waals surface area contributed by atoms with Gasteiger partial charge in [-0.1, -0.05) is 6.07 Å². The second-order valence-electron chi connectivity index (χ2n) is 8.17. The summed E-state index contributed by atoms with van der Waals surface area (Å²) < 4.78 is 6.00. The highest BCUT2D eigenvalue weighted by Gasteiger charge is 2.41. The molecule has 0 saturated heterocycles. The molecular weight excluding hydrogens is 344 g/mol. The highest BCUT2D eigenvalue weighted by molar-refractivity contribution is 6.21. The normalized spacial score (nSPS) is 31.3. The third kappa shape index (κ3) is 3.79. The second-order valence-corrected chi connectivity index (χ2v) is 8.17. The number of nitrogens with two attached hydrogens (primary N) is 1. The molecule has 1 aromatic carbocycles. The number of carbonyl (C=O) groups is 2. The lowest BCUT2D eigenvalue weighted by Gasteiger charge is -2.31. The molecule has 0 radical (unpaired) electrons. The monoisotopic (exact) mass is 372 g/mol. The van der Waals surface area contributed by atoms with E-state index in [2.05, 4.69) is 0 Å². The van der Waals surface area contributed by atoms with Crippen LogP contribution in [0.4, 0.5) is 0 Å². The predicted molar refractivity (Wildman–Crippen MR) is 100 cm³/mol. The van der Waals surface area contributed by atoms with Crippen LogP contribution >= 0.6 is 0 Å². The van der Waals surface area contributed by atoms with E-state index in [1.165, 1.54) is 4.90 Å². The van der Waals surface area contributed by atoms with Crippen LogP contribution in [-0.4, -0.2) is 46.1 Å². The lowest BCUT2D eigenvalue weighted by atomic mass is 9.92. The van der Waals surface area contributed by atoms with Crippen molar-refractivity contribution in [2.24, 2.45) is 5.73 Å². The molecule has 4 rings (SSSR count). The molecule has 6 heteroatoms. The molecule has 1 aromatic rings. The van der Waals surface area contributed by atoms with Gasteiger partial charge in [-0.05, 0) is 69.1 Å². The molecule has 3 N–H and O–H groups in total. The van der Waals surface area contributed by atoms with Gasteiger partial charge in [0.15, 0.2) is 0 Å². The summed E-state index contributed by atoms with van der Waals surface area (Å²) in [6.07, 6.45) is 6.48. The van der Waals surface area contributed by atoms with Crippen molar-refractivity contribution in [1.29, 1.82) is 0 Å². The number of aliphatic hydroxyl groups excluding tert-OH is 1. The van der Waals surface area contributed by atoms with Gasteiger partial charge in [0.25, 0.3) is 11.8 Å². The van der Waals surface area contributed by atoms with Gasteiger partial charge in [0.05, 0.1) is 29.9 Å². The van der Waals surface area contributed by atoms with Crippen molar-refractivity contribution in [1.82, 2.24) is 4.90 Å². The molecule has 1 aliphatic heterocycles. The van der Waals surface area contributed by atoms with Crippen molar-refractivity contribution < 1.29 is 19.4 Å². The van der Waals surface area contributed by atoms with Gasteiger partial charge in [0.1, 0.15) is 0 Å². The van der Waals surface area contributed by atoms with Gasteiger partial charge >= 0.3 is 0 Å². The average Bonchev–Trinajstić information content (AvgIpc) is 2.92. The third-order valence-corrected chi connectivity index (χ3v) is 6.22. The summed E-state index contributed by atoms with van der Waals surface area (Å²) in [5.41, 5.74) is 7.82. The maximum atomic E-state index is 12.9. The Morgan fingerprint density at radius 2 is 1.63 bits per heavy atom. The number of rotatable bonds is 4. The van der Waals surface area contributed by atoms with E-state index >= 15 is 0 Å². The summed E-state index contributed by atoms with van der Waals surface area (Å²) in [7, 11) is 0. The zero-order valence-corrected chi connectivity index (χ0v) is 15.6. The minimum absolute atomic E-state index is 0.105. The second kappa shape index (κ2) is 7.70. The van der Waals surface area contributed by atoms with Gasteiger partial charge in [-0.3, -0.25) is 14.5 Å². The van der Waals surface area contributed by atoms with E-state index in [1.807, 2.05) is 12.1 Å². The highest BCUT2D eigenvalue weighted by atomic mass is 16.5. The summed E-state index contributed by atoms with van der Waals surface area (Å²) in [5, 5.41) is 9.68. The largest absolute Gasteiger partial charge is 0.393 e. The summed E-state index contributed by atoms with van der Waals surface area (Å²) in [5.74, 6) is -0.410. The van der Waals surface area contributed by atoms with Crippen LogP contribution in [-0.2, 0) is 11.3 Å². The Labute approximate surface area is 159 Å². The molecule has 2 fully saturated rings. The van der Waals surface area contributed by atoms with Gasteiger partial charge in [-0.25, -0.2) is 0 Å². The topological polar surface area (TPSA) is 92.9 Å². The van der Waals surface area contributed by atoms with E-state index in [4.69, 9.17) is 10.5 Å². The lowest BCUT2D eigenvalue weighted by molar-refractivity contribution is 0.0138. The van der Waals surface area contributed by atoms with E-state index in [0.717, 1.165) is 31.2 Å². The maximum Gasteiger partial charge on any atom is 0.261 e. The van der Waals surface area contributed by atoms with Crippen molar-refractivity contribution in [3.63, 3.8) is 0 Å². The number of fused-ring (bicyclic) bond motifs is 1. The first-order valence-corrected chi connectivity index (χ1v) is 10.1. The van der Waals surface area contributed by atoms with Crippen LogP contribution in [0.3, 0.4) is 0 Å². The number of aliphatic hydroxyl groups is 1. The fraction of sp³-hybridized carbons (Fsp3) is 0.619. The van der Waals surface area contributed by atoms with Crippen LogP contribution < -0.4 is 5.73 Å². The van der Waals surface area contributed by atoms with E-state index in [9.17, 15) is 14.7 Å². The number of ether oxygens (including phenoxy) is 1. The first kappa shape index (κ1) is 18.6. The van der Waals surface area contributed by atoms with Crippen LogP contribution in [0.1, 0.15) is 77.6 Å². The van der Waals surface area contributed by atoms with Gasteiger partial charge in [0, 0.05) is 12.1 Å². The van der Waals surface area contributed by atoms with Crippen molar-refractivity contribution in [2.75, 3.05) is 0 Å². The molecule has 3 aliphatic rings. The summed E-state index contributed by atoms with van der Waals surface area (Å²) in [4.78, 5) is 27.0. The smallest absolute Gasteiger partial charge is 0.261 e. The first-order valence-electron chi connectivity index (χ1n) is 10.1. The lowest BCUT2D eigenvalue weighted by Crippen LogP contribution is -2.42. The summed E-state index contributed by atoms with van der Waals surface area (Å²) >= 11 is 0. The molecule has 0 atom stereocenters. The molecule has 2 aliphatic carbocycles. The molecule has 0 bridgehead atoms. The van der Waals surface area contributed by atoms with Gasteiger partial charge in [-0.15, -0.1) is 0 Å². The molecule has 146 valence electrons. The molecule has 0 unspecified atom stereocenters. The number of nitrogens with zero attached hydrogens (tertiary/aromatic N) is 1. The fourth-order valence-corrected chi connectivity index (χ4v) is 4.51. The number of hydrogen-bond donors (Lipinski definition) is 2. The van der Waals surface area contributed by atoms with Crippen molar-refractivity contribution in [3.8, 4) is 0 Å². The Morgan fingerprint density at radius 3 is 2.33 bits per heavy atom. The Morgan fingerprint density at radius 1 is 0.963 bits per heavy atom. The number of imide groups is 1. The fourth-order valence-electron chi connectivity index (χ4n) is 4.51. The molecule has 6 nitrogen and oxygen atoms in total. The van der Waals surface area contributed by atoms with Gasteiger partial charge in [0.2, 0.25) is 0 Å². The minimum atomic E-state index is -0.311. The molecule has 1 heterocycles. The predicted octanol–water partition coefficient (Wildman–Crippen LogP) is 2.37. The van der Waals surface area contributed by atoms with E-state index in [0.29, 0.717) is 49.5 Å². The van der Waals surface area contributed by atoms with Crippen LogP contribution in [0, 0.1) is 0 Å².